The molecule has 3 rings (SSSR count). The number of benzene rings is 2. The summed E-state index contributed by atoms with van der Waals surface area (Å²) in [5, 5.41) is 3.07. The summed E-state index contributed by atoms with van der Waals surface area (Å²) < 4.78 is 7.81. The Kier molecular flexibility index (Phi) is 5.56. The zero-order chi connectivity index (χ0) is 20.4. The van der Waals surface area contributed by atoms with Crippen LogP contribution >= 0.6 is 11.6 Å². The monoisotopic (exact) mass is 401 g/mol. The summed E-state index contributed by atoms with van der Waals surface area (Å²) in [6.45, 7) is 2.98. The molecule has 0 unspecified atom stereocenters. The van der Waals surface area contributed by atoms with E-state index in [1.54, 1.807) is 31.3 Å². The number of aromatic nitrogens is 2. The summed E-state index contributed by atoms with van der Waals surface area (Å²) in [6.07, 6.45) is 0. The fraction of sp³-hybridized carbons (Fsp3) is 0.250. The smallest absolute Gasteiger partial charge is 0.329 e. The van der Waals surface area contributed by atoms with Crippen LogP contribution < -0.4 is 11.0 Å². The number of hydrogen-bond acceptors (Lipinski definition) is 4. The Hall–Kier alpha value is -3.06. The van der Waals surface area contributed by atoms with Crippen molar-refractivity contribution < 1.29 is 14.3 Å². The van der Waals surface area contributed by atoms with Crippen LogP contribution in [-0.2, 0) is 27.9 Å². The summed E-state index contributed by atoms with van der Waals surface area (Å²) >= 11 is 6.16. The third-order valence-electron chi connectivity index (χ3n) is 4.40. The van der Waals surface area contributed by atoms with Gasteiger partial charge in [0.1, 0.15) is 6.54 Å². The highest BCUT2D eigenvalue weighted by molar-refractivity contribution is 6.34. The molecule has 0 aliphatic rings. The molecule has 28 heavy (non-hydrogen) atoms. The van der Waals surface area contributed by atoms with Gasteiger partial charge < -0.3 is 10.1 Å². The number of ether oxygens (including phenoxy) is 1. The van der Waals surface area contributed by atoms with Crippen molar-refractivity contribution in [2.45, 2.75) is 20.4 Å². The first-order valence-electron chi connectivity index (χ1n) is 8.64. The minimum absolute atomic E-state index is 0.280. The van der Waals surface area contributed by atoms with E-state index in [4.69, 9.17) is 16.3 Å². The Labute approximate surface area is 166 Å². The van der Waals surface area contributed by atoms with E-state index in [1.165, 1.54) is 9.13 Å². The van der Waals surface area contributed by atoms with Gasteiger partial charge in [0.25, 0.3) is 5.91 Å². The Morgan fingerprint density at radius 1 is 1.14 bits per heavy atom. The molecule has 1 aromatic heterocycles. The van der Waals surface area contributed by atoms with Gasteiger partial charge >= 0.3 is 11.7 Å². The molecule has 1 N–H and O–H groups in total. The number of amides is 1. The first-order valence-corrected chi connectivity index (χ1v) is 9.02. The van der Waals surface area contributed by atoms with E-state index in [9.17, 15) is 14.4 Å². The second-order valence-electron chi connectivity index (χ2n) is 6.56. The van der Waals surface area contributed by atoms with Gasteiger partial charge in [0.15, 0.2) is 6.61 Å². The van der Waals surface area contributed by atoms with Gasteiger partial charge in [-0.2, -0.15) is 0 Å². The highest BCUT2D eigenvalue weighted by Crippen LogP contribution is 2.27. The number of rotatable bonds is 5. The number of carbonyl (C=O) groups excluding carboxylic acids is 2. The maximum Gasteiger partial charge on any atom is 0.329 e. The van der Waals surface area contributed by atoms with Gasteiger partial charge in [-0.05, 0) is 43.2 Å². The number of carbonyl (C=O) groups is 2. The summed E-state index contributed by atoms with van der Waals surface area (Å²) in [4.78, 5) is 36.6. The second-order valence-corrected chi connectivity index (χ2v) is 6.97. The number of hydrogen-bond donors (Lipinski definition) is 1. The molecule has 7 nitrogen and oxygen atoms in total. The van der Waals surface area contributed by atoms with E-state index in [-0.39, 0.29) is 12.2 Å². The van der Waals surface area contributed by atoms with Crippen molar-refractivity contribution in [1.29, 1.82) is 0 Å². The number of anilines is 1. The molecule has 0 aliphatic heterocycles. The lowest BCUT2D eigenvalue weighted by molar-refractivity contribution is -0.147. The number of aryl methyl sites for hydroxylation is 3. The van der Waals surface area contributed by atoms with Gasteiger partial charge in [-0.25, -0.2) is 4.79 Å². The van der Waals surface area contributed by atoms with Gasteiger partial charge in [0.2, 0.25) is 0 Å². The molecule has 3 aromatic rings. The van der Waals surface area contributed by atoms with Crippen molar-refractivity contribution in [2.75, 3.05) is 11.9 Å². The number of fused-ring (bicyclic) bond motifs is 1. The molecule has 0 spiro atoms. The summed E-state index contributed by atoms with van der Waals surface area (Å²) in [5.41, 5.74) is 3.28. The Morgan fingerprint density at radius 3 is 2.50 bits per heavy atom. The molecule has 0 fully saturated rings. The van der Waals surface area contributed by atoms with Crippen LogP contribution in [0.25, 0.3) is 11.0 Å². The van der Waals surface area contributed by atoms with Gasteiger partial charge in [0.05, 0.1) is 21.7 Å². The minimum Gasteiger partial charge on any atom is -0.454 e. The van der Waals surface area contributed by atoms with Crippen LogP contribution in [0.15, 0.2) is 41.2 Å². The van der Waals surface area contributed by atoms with E-state index in [0.29, 0.717) is 21.7 Å². The number of para-hydroxylation sites is 2. The molecule has 1 amide bonds. The molecule has 0 atom stereocenters. The summed E-state index contributed by atoms with van der Waals surface area (Å²) in [7, 11) is 1.63. The molecule has 0 saturated carbocycles. The number of esters is 1. The molecule has 2 aromatic carbocycles. The largest absolute Gasteiger partial charge is 0.454 e. The molecule has 8 heteroatoms. The van der Waals surface area contributed by atoms with Crippen molar-refractivity contribution >= 4 is 40.2 Å². The van der Waals surface area contributed by atoms with Crippen molar-refractivity contribution in [1.82, 2.24) is 9.13 Å². The normalized spacial score (nSPS) is 10.9. The van der Waals surface area contributed by atoms with E-state index >= 15 is 0 Å². The molecular weight excluding hydrogens is 382 g/mol. The van der Waals surface area contributed by atoms with Crippen LogP contribution in [-0.4, -0.2) is 27.6 Å². The average Bonchev–Trinajstić information content (AvgIpc) is 2.88. The zero-order valence-electron chi connectivity index (χ0n) is 15.8. The Balaban J connectivity index is 1.65. The number of imidazole rings is 1. The van der Waals surface area contributed by atoms with Crippen molar-refractivity contribution in [3.05, 3.63) is 63.0 Å². The van der Waals surface area contributed by atoms with E-state index in [1.807, 2.05) is 26.0 Å². The molecular formula is C20H20ClN3O4. The van der Waals surface area contributed by atoms with Crippen LogP contribution in [0.1, 0.15) is 11.1 Å². The first kappa shape index (κ1) is 19.7. The highest BCUT2D eigenvalue weighted by atomic mass is 35.5. The molecule has 0 aliphatic carbocycles. The highest BCUT2D eigenvalue weighted by Gasteiger charge is 2.16. The summed E-state index contributed by atoms with van der Waals surface area (Å²) in [6, 6.07) is 10.8. The lowest BCUT2D eigenvalue weighted by atomic mass is 10.1. The fourth-order valence-corrected chi connectivity index (χ4v) is 3.45. The van der Waals surface area contributed by atoms with Gasteiger partial charge in [-0.3, -0.25) is 18.7 Å². The number of nitrogens with one attached hydrogen (secondary N) is 1. The van der Waals surface area contributed by atoms with Crippen LogP contribution in [0.5, 0.6) is 0 Å². The van der Waals surface area contributed by atoms with E-state index in [2.05, 4.69) is 5.32 Å². The fourth-order valence-electron chi connectivity index (χ4n) is 3.09. The molecule has 0 radical (unpaired) electrons. The van der Waals surface area contributed by atoms with Crippen LogP contribution in [0.4, 0.5) is 5.69 Å². The van der Waals surface area contributed by atoms with Crippen molar-refractivity contribution in [2.24, 2.45) is 7.05 Å². The topological polar surface area (TPSA) is 82.3 Å². The van der Waals surface area contributed by atoms with Crippen LogP contribution in [0.2, 0.25) is 5.02 Å². The molecule has 1 heterocycles. The average molecular weight is 402 g/mol. The van der Waals surface area contributed by atoms with Crippen molar-refractivity contribution in [3.63, 3.8) is 0 Å². The van der Waals surface area contributed by atoms with Crippen molar-refractivity contribution in [3.8, 4) is 0 Å². The number of halogens is 1. The lowest BCUT2D eigenvalue weighted by Gasteiger charge is -2.12. The van der Waals surface area contributed by atoms with Gasteiger partial charge in [0, 0.05) is 7.05 Å². The van der Waals surface area contributed by atoms with Gasteiger partial charge in [-0.15, -0.1) is 0 Å². The quantitative estimate of drug-likeness (QED) is 0.666. The standard InChI is InChI=1S/C20H20ClN3O4/c1-12-8-13(2)19(14(21)9-12)22-17(25)11-28-18(26)10-24-16-7-5-4-6-15(16)23(3)20(24)27/h4-9H,10-11H2,1-3H3,(H,22,25). The zero-order valence-corrected chi connectivity index (χ0v) is 16.5. The first-order chi connectivity index (χ1) is 13.3. The Bertz CT molecular complexity index is 1110. The summed E-state index contributed by atoms with van der Waals surface area (Å²) in [5.74, 6) is -1.19. The minimum atomic E-state index is -0.680. The van der Waals surface area contributed by atoms with Crippen LogP contribution in [0, 0.1) is 13.8 Å². The maximum absolute atomic E-state index is 12.3. The molecule has 0 bridgehead atoms. The number of nitrogens with zero attached hydrogens (tertiary/aromatic N) is 2. The maximum atomic E-state index is 12.3. The van der Waals surface area contributed by atoms with Gasteiger partial charge in [-0.1, -0.05) is 29.8 Å². The molecule has 146 valence electrons. The third-order valence-corrected chi connectivity index (χ3v) is 4.70. The predicted molar refractivity (Wildman–Crippen MR) is 108 cm³/mol. The molecule has 0 saturated heterocycles. The third kappa shape index (κ3) is 3.94. The Morgan fingerprint density at radius 2 is 1.82 bits per heavy atom. The van der Waals surface area contributed by atoms with E-state index < -0.39 is 18.5 Å². The van der Waals surface area contributed by atoms with E-state index in [0.717, 1.165) is 11.1 Å². The van der Waals surface area contributed by atoms with Crippen LogP contribution in [0.3, 0.4) is 0 Å². The lowest BCUT2D eigenvalue weighted by Crippen LogP contribution is -2.28. The second kappa shape index (κ2) is 7.90. The SMILES string of the molecule is Cc1cc(C)c(NC(=O)COC(=O)Cn2c(=O)n(C)c3ccccc32)c(Cl)c1. The predicted octanol–water partition coefficient (Wildman–Crippen LogP) is 2.79.